The summed E-state index contributed by atoms with van der Waals surface area (Å²) in [6.07, 6.45) is 0.521. The molecule has 0 radical (unpaired) electrons. The number of oxazole rings is 1. The third-order valence-corrected chi connectivity index (χ3v) is 3.91. The lowest BCUT2D eigenvalue weighted by molar-refractivity contribution is 0.0579. The Morgan fingerprint density at radius 1 is 1.45 bits per heavy atom. The number of rotatable bonds is 3. The van der Waals surface area contributed by atoms with Crippen LogP contribution in [0.15, 0.2) is 27.4 Å². The fourth-order valence-corrected chi connectivity index (χ4v) is 2.71. The van der Waals surface area contributed by atoms with Gasteiger partial charge in [-0.25, -0.2) is 4.79 Å². The number of fused-ring (bicyclic) bond motifs is 1. The van der Waals surface area contributed by atoms with Crippen LogP contribution in [-0.4, -0.2) is 23.1 Å². The Hall–Kier alpha value is -1.88. The maximum atomic E-state index is 12.4. The Morgan fingerprint density at radius 2 is 2.25 bits per heavy atom. The number of ketones is 1. The second kappa shape index (κ2) is 4.90. The van der Waals surface area contributed by atoms with Gasteiger partial charge >= 0.3 is 5.76 Å². The third-order valence-electron chi connectivity index (χ3n) is 3.91. The van der Waals surface area contributed by atoms with Gasteiger partial charge in [0.2, 0.25) is 0 Å². The average Bonchev–Trinajstić information content (AvgIpc) is 2.99. The first kappa shape index (κ1) is 13.1. The summed E-state index contributed by atoms with van der Waals surface area (Å²) in [7, 11) is 0. The topological polar surface area (TPSA) is 61.4 Å². The highest BCUT2D eigenvalue weighted by Crippen LogP contribution is 2.25. The summed E-state index contributed by atoms with van der Waals surface area (Å²) >= 11 is 0. The molecule has 20 heavy (non-hydrogen) atoms. The van der Waals surface area contributed by atoms with Crippen molar-refractivity contribution in [3.63, 3.8) is 0 Å². The number of aryl methyl sites for hydroxylation is 1. The Bertz CT molecular complexity index is 712. The molecule has 3 rings (SSSR count). The normalized spacial score (nSPS) is 22.5. The van der Waals surface area contributed by atoms with Crippen molar-refractivity contribution in [3.8, 4) is 0 Å². The molecular formula is C15H17NO4. The van der Waals surface area contributed by atoms with E-state index in [4.69, 9.17) is 9.15 Å². The molecule has 0 amide bonds. The Morgan fingerprint density at radius 3 is 2.90 bits per heavy atom. The monoisotopic (exact) mass is 275 g/mol. The van der Waals surface area contributed by atoms with Gasteiger partial charge in [-0.05, 0) is 37.5 Å². The van der Waals surface area contributed by atoms with Crippen molar-refractivity contribution in [2.75, 3.05) is 6.61 Å². The van der Waals surface area contributed by atoms with Crippen LogP contribution in [0.3, 0.4) is 0 Å². The molecule has 2 atom stereocenters. The van der Waals surface area contributed by atoms with Crippen molar-refractivity contribution >= 4 is 16.9 Å². The first-order valence-electron chi connectivity index (χ1n) is 6.91. The van der Waals surface area contributed by atoms with Crippen molar-refractivity contribution in [2.45, 2.75) is 32.9 Å². The fourth-order valence-electron chi connectivity index (χ4n) is 2.71. The van der Waals surface area contributed by atoms with E-state index in [9.17, 15) is 9.59 Å². The van der Waals surface area contributed by atoms with E-state index in [2.05, 4.69) is 0 Å². The van der Waals surface area contributed by atoms with Gasteiger partial charge in [-0.2, -0.15) is 0 Å². The Labute approximate surface area is 116 Å². The van der Waals surface area contributed by atoms with Gasteiger partial charge < -0.3 is 9.15 Å². The van der Waals surface area contributed by atoms with Crippen molar-refractivity contribution in [2.24, 2.45) is 5.92 Å². The summed E-state index contributed by atoms with van der Waals surface area (Å²) in [4.78, 5) is 24.1. The highest BCUT2D eigenvalue weighted by Gasteiger charge is 2.31. The third kappa shape index (κ3) is 1.98. The van der Waals surface area contributed by atoms with E-state index in [1.165, 1.54) is 4.57 Å². The molecule has 1 aliphatic rings. The second-order valence-electron chi connectivity index (χ2n) is 5.22. The zero-order valence-electron chi connectivity index (χ0n) is 11.6. The quantitative estimate of drug-likeness (QED) is 0.806. The van der Waals surface area contributed by atoms with Crippen molar-refractivity contribution < 1.29 is 13.9 Å². The molecule has 1 fully saturated rings. The summed E-state index contributed by atoms with van der Waals surface area (Å²) < 4.78 is 12.2. The average molecular weight is 275 g/mol. The van der Waals surface area contributed by atoms with Crippen LogP contribution in [0.1, 0.15) is 30.6 Å². The number of hydrogen-bond donors (Lipinski definition) is 0. The zero-order chi connectivity index (χ0) is 14.3. The summed E-state index contributed by atoms with van der Waals surface area (Å²) in [5.41, 5.74) is 1.70. The summed E-state index contributed by atoms with van der Waals surface area (Å²) in [5, 5.41) is 0. The molecule has 1 aromatic heterocycles. The molecule has 5 nitrogen and oxygen atoms in total. The van der Waals surface area contributed by atoms with Gasteiger partial charge in [-0.1, -0.05) is 6.92 Å². The van der Waals surface area contributed by atoms with Crippen LogP contribution in [0.2, 0.25) is 0 Å². The Kier molecular flexibility index (Phi) is 3.22. The second-order valence-corrected chi connectivity index (χ2v) is 5.22. The van der Waals surface area contributed by atoms with Crippen molar-refractivity contribution in [1.82, 2.24) is 4.57 Å². The molecule has 1 aromatic carbocycles. The number of ether oxygens (including phenoxy) is 1. The lowest BCUT2D eigenvalue weighted by Crippen LogP contribution is -2.25. The van der Waals surface area contributed by atoms with E-state index in [0.29, 0.717) is 24.3 Å². The van der Waals surface area contributed by atoms with Crippen LogP contribution < -0.4 is 5.76 Å². The lowest BCUT2D eigenvalue weighted by Gasteiger charge is -2.12. The van der Waals surface area contributed by atoms with E-state index in [-0.39, 0.29) is 17.8 Å². The van der Waals surface area contributed by atoms with E-state index >= 15 is 0 Å². The smallest absolute Gasteiger partial charge is 0.408 e. The number of aromatic nitrogens is 1. The minimum absolute atomic E-state index is 0.0382. The van der Waals surface area contributed by atoms with Gasteiger partial charge in [0.05, 0.1) is 5.52 Å². The molecule has 0 bridgehead atoms. The zero-order valence-corrected chi connectivity index (χ0v) is 11.6. The summed E-state index contributed by atoms with van der Waals surface area (Å²) in [6, 6.07) is 5.14. The molecular weight excluding hydrogens is 258 g/mol. The van der Waals surface area contributed by atoms with Crippen LogP contribution in [0.25, 0.3) is 11.1 Å². The van der Waals surface area contributed by atoms with E-state index in [1.807, 2.05) is 13.8 Å². The summed E-state index contributed by atoms with van der Waals surface area (Å²) in [5.74, 6) is -0.202. The first-order valence-corrected chi connectivity index (χ1v) is 6.91. The largest absolute Gasteiger partial charge is 0.419 e. The standard InChI is InChI=1S/C15H17NO4/c1-3-16-11-5-4-10(8-12(11)20-15(16)18)13(17)14-9(2)6-7-19-14/h4-5,8-9,14H,3,6-7H2,1-2H3. The number of carbonyl (C=O) groups excluding carboxylic acids is 1. The predicted molar refractivity (Wildman–Crippen MR) is 74.0 cm³/mol. The molecule has 0 spiro atoms. The van der Waals surface area contributed by atoms with Gasteiger partial charge in [0.25, 0.3) is 0 Å². The Balaban J connectivity index is 2.01. The number of hydrogen-bond acceptors (Lipinski definition) is 4. The van der Waals surface area contributed by atoms with Crippen LogP contribution in [0, 0.1) is 5.92 Å². The SMILES string of the molecule is CCn1c(=O)oc2cc(C(=O)C3OCCC3C)ccc21. The van der Waals surface area contributed by atoms with Crippen molar-refractivity contribution in [3.05, 3.63) is 34.3 Å². The molecule has 1 aliphatic heterocycles. The number of benzene rings is 1. The van der Waals surface area contributed by atoms with E-state index in [0.717, 1.165) is 11.9 Å². The fraction of sp³-hybridized carbons (Fsp3) is 0.467. The predicted octanol–water partition coefficient (Wildman–Crippen LogP) is 2.22. The molecule has 0 saturated carbocycles. The first-order chi connectivity index (χ1) is 9.61. The molecule has 2 heterocycles. The minimum Gasteiger partial charge on any atom is -0.408 e. The highest BCUT2D eigenvalue weighted by molar-refractivity contribution is 6.01. The maximum absolute atomic E-state index is 12.4. The maximum Gasteiger partial charge on any atom is 0.419 e. The molecule has 0 N–H and O–H groups in total. The summed E-state index contributed by atoms with van der Waals surface area (Å²) in [6.45, 7) is 5.06. The molecule has 106 valence electrons. The lowest BCUT2D eigenvalue weighted by atomic mass is 9.96. The van der Waals surface area contributed by atoms with Crippen LogP contribution in [0.4, 0.5) is 0 Å². The van der Waals surface area contributed by atoms with Crippen LogP contribution in [0.5, 0.6) is 0 Å². The van der Waals surface area contributed by atoms with E-state index < -0.39 is 5.76 Å². The van der Waals surface area contributed by atoms with Gasteiger partial charge in [-0.15, -0.1) is 0 Å². The molecule has 2 aromatic rings. The molecule has 5 heteroatoms. The van der Waals surface area contributed by atoms with Gasteiger partial charge in [0.15, 0.2) is 11.4 Å². The molecule has 2 unspecified atom stereocenters. The minimum atomic E-state index is -0.391. The highest BCUT2D eigenvalue weighted by atomic mass is 16.5. The van der Waals surface area contributed by atoms with Crippen LogP contribution in [-0.2, 0) is 11.3 Å². The number of carbonyl (C=O) groups is 1. The van der Waals surface area contributed by atoms with Gasteiger partial charge in [0, 0.05) is 18.7 Å². The number of nitrogens with zero attached hydrogens (tertiary/aromatic N) is 1. The molecule has 0 aliphatic carbocycles. The number of Topliss-reactive ketones (excluding diaryl/α,β-unsaturated/α-hetero) is 1. The van der Waals surface area contributed by atoms with Gasteiger partial charge in [0.1, 0.15) is 6.10 Å². The van der Waals surface area contributed by atoms with Crippen LogP contribution >= 0.6 is 0 Å². The van der Waals surface area contributed by atoms with Gasteiger partial charge in [-0.3, -0.25) is 9.36 Å². The van der Waals surface area contributed by atoms with Crippen molar-refractivity contribution in [1.29, 1.82) is 0 Å². The van der Waals surface area contributed by atoms with E-state index in [1.54, 1.807) is 18.2 Å². The molecule has 1 saturated heterocycles.